The Kier molecular flexibility index (Phi) is 3.34. The van der Waals surface area contributed by atoms with Gasteiger partial charge in [0.05, 0.1) is 10.1 Å². The van der Waals surface area contributed by atoms with E-state index in [1.165, 1.54) is 24.3 Å². The van der Waals surface area contributed by atoms with Gasteiger partial charge in [0, 0.05) is 0 Å². The van der Waals surface area contributed by atoms with E-state index in [1.54, 1.807) is 18.2 Å². The van der Waals surface area contributed by atoms with Crippen LogP contribution in [0.15, 0.2) is 61.9 Å². The SMILES string of the molecule is O=S(=O)(c1ccccc1)c1ccc(N=C=S)c2nonc12. The molecule has 0 saturated heterocycles. The minimum atomic E-state index is -3.72. The third kappa shape index (κ3) is 2.25. The van der Waals surface area contributed by atoms with Gasteiger partial charge in [-0.15, -0.1) is 0 Å². The first-order valence-corrected chi connectivity index (χ1v) is 7.67. The molecule has 1 heterocycles. The topological polar surface area (TPSA) is 85.4 Å². The second-order valence-corrected chi connectivity index (χ2v) is 6.16. The van der Waals surface area contributed by atoms with E-state index in [4.69, 9.17) is 0 Å². The average molecular weight is 317 g/mol. The highest BCUT2D eigenvalue weighted by Gasteiger charge is 2.24. The summed E-state index contributed by atoms with van der Waals surface area (Å²) in [5.74, 6) is 0. The van der Waals surface area contributed by atoms with Crippen LogP contribution in [-0.2, 0) is 9.84 Å². The van der Waals surface area contributed by atoms with E-state index in [-0.39, 0.29) is 20.8 Å². The van der Waals surface area contributed by atoms with Crippen molar-refractivity contribution in [1.82, 2.24) is 10.3 Å². The molecule has 0 unspecified atom stereocenters. The first kappa shape index (κ1) is 13.6. The predicted molar refractivity (Wildman–Crippen MR) is 78.4 cm³/mol. The Hall–Kier alpha value is -2.41. The molecule has 0 amide bonds. The lowest BCUT2D eigenvalue weighted by Crippen LogP contribution is -2.02. The molecule has 0 radical (unpaired) electrons. The molecule has 0 aliphatic carbocycles. The molecule has 8 heteroatoms. The Morgan fingerprint density at radius 2 is 1.76 bits per heavy atom. The van der Waals surface area contributed by atoms with Crippen LogP contribution >= 0.6 is 12.2 Å². The molecule has 0 N–H and O–H groups in total. The third-order valence-electron chi connectivity index (χ3n) is 2.87. The molecular weight excluding hydrogens is 310 g/mol. The summed E-state index contributed by atoms with van der Waals surface area (Å²) in [7, 11) is -3.72. The van der Waals surface area contributed by atoms with E-state index in [0.29, 0.717) is 5.69 Å². The largest absolute Gasteiger partial charge is 0.243 e. The van der Waals surface area contributed by atoms with Gasteiger partial charge in [0.1, 0.15) is 10.6 Å². The number of rotatable bonds is 3. The van der Waals surface area contributed by atoms with Crippen LogP contribution in [-0.4, -0.2) is 23.9 Å². The van der Waals surface area contributed by atoms with Gasteiger partial charge in [0.25, 0.3) is 0 Å². The number of benzene rings is 2. The van der Waals surface area contributed by atoms with Gasteiger partial charge in [0.2, 0.25) is 9.84 Å². The zero-order valence-electron chi connectivity index (χ0n) is 10.4. The monoisotopic (exact) mass is 317 g/mol. The van der Waals surface area contributed by atoms with Crippen LogP contribution in [0.2, 0.25) is 0 Å². The van der Waals surface area contributed by atoms with Crippen LogP contribution in [0.4, 0.5) is 5.69 Å². The number of fused-ring (bicyclic) bond motifs is 1. The van der Waals surface area contributed by atoms with Gasteiger partial charge in [-0.2, -0.15) is 4.99 Å². The number of thiocarbonyl (C=S) groups is 1. The number of aliphatic imine (C=N–C) groups is 1. The van der Waals surface area contributed by atoms with Gasteiger partial charge < -0.3 is 0 Å². The van der Waals surface area contributed by atoms with Crippen LogP contribution in [0.5, 0.6) is 0 Å². The van der Waals surface area contributed by atoms with Gasteiger partial charge in [-0.1, -0.05) is 18.2 Å². The van der Waals surface area contributed by atoms with Crippen molar-refractivity contribution in [3.05, 3.63) is 42.5 Å². The first-order chi connectivity index (χ1) is 10.1. The van der Waals surface area contributed by atoms with Crippen LogP contribution in [0.3, 0.4) is 0 Å². The smallest absolute Gasteiger partial charge is 0.208 e. The summed E-state index contributed by atoms with van der Waals surface area (Å²) in [6.45, 7) is 0. The Balaban J connectivity index is 2.30. The summed E-state index contributed by atoms with van der Waals surface area (Å²) in [6, 6.07) is 11.0. The number of aromatic nitrogens is 2. The molecule has 3 aromatic rings. The summed E-state index contributed by atoms with van der Waals surface area (Å²) in [5.41, 5.74) is 0.697. The van der Waals surface area contributed by atoms with E-state index in [2.05, 4.69) is 37.3 Å². The Morgan fingerprint density at radius 3 is 2.48 bits per heavy atom. The molecule has 0 aliphatic rings. The van der Waals surface area contributed by atoms with Gasteiger partial charge in [0.15, 0.2) is 11.0 Å². The van der Waals surface area contributed by atoms with Crippen molar-refractivity contribution in [2.75, 3.05) is 0 Å². The second-order valence-electron chi connectivity index (χ2n) is 4.06. The lowest BCUT2D eigenvalue weighted by Gasteiger charge is -2.04. The highest BCUT2D eigenvalue weighted by atomic mass is 32.2. The van der Waals surface area contributed by atoms with E-state index >= 15 is 0 Å². The summed E-state index contributed by atoms with van der Waals surface area (Å²) in [6.07, 6.45) is 0. The van der Waals surface area contributed by atoms with Gasteiger partial charge in [-0.3, -0.25) is 0 Å². The Labute approximate surface area is 125 Å². The first-order valence-electron chi connectivity index (χ1n) is 5.78. The fourth-order valence-corrected chi connectivity index (χ4v) is 3.42. The standard InChI is InChI=1S/C13H7N3O3S2/c17-21(18,9-4-2-1-3-5-9)11-7-6-10(14-8-20)12-13(11)16-19-15-12/h1-7H. The molecule has 0 fully saturated rings. The third-order valence-corrected chi connectivity index (χ3v) is 4.76. The molecule has 0 saturated carbocycles. The lowest BCUT2D eigenvalue weighted by atomic mass is 10.3. The van der Waals surface area contributed by atoms with E-state index < -0.39 is 9.84 Å². The van der Waals surface area contributed by atoms with Crippen molar-refractivity contribution in [2.24, 2.45) is 4.99 Å². The number of hydrogen-bond donors (Lipinski definition) is 0. The molecular formula is C13H7N3O3S2. The fraction of sp³-hybridized carbons (Fsp3) is 0. The minimum absolute atomic E-state index is 0.00766. The average Bonchev–Trinajstić information content (AvgIpc) is 2.98. The molecule has 2 aromatic carbocycles. The van der Waals surface area contributed by atoms with Gasteiger partial charge in [-0.05, 0) is 46.8 Å². The Bertz CT molecular complexity index is 959. The molecule has 0 atom stereocenters. The molecule has 0 aliphatic heterocycles. The summed E-state index contributed by atoms with van der Waals surface area (Å²) in [4.78, 5) is 3.99. The number of nitrogens with zero attached hydrogens (tertiary/aromatic N) is 3. The van der Waals surface area contributed by atoms with Gasteiger partial charge in [-0.25, -0.2) is 13.0 Å². The molecule has 0 bridgehead atoms. The van der Waals surface area contributed by atoms with Crippen LogP contribution in [0, 0.1) is 0 Å². The molecule has 3 rings (SSSR count). The van der Waals surface area contributed by atoms with E-state index in [0.717, 1.165) is 0 Å². The van der Waals surface area contributed by atoms with Crippen molar-refractivity contribution in [2.45, 2.75) is 9.79 Å². The van der Waals surface area contributed by atoms with E-state index in [9.17, 15) is 8.42 Å². The molecule has 104 valence electrons. The molecule has 6 nitrogen and oxygen atoms in total. The second kappa shape index (κ2) is 5.17. The summed E-state index contributed by atoms with van der Waals surface area (Å²) in [5, 5.41) is 9.55. The van der Waals surface area contributed by atoms with Crippen molar-refractivity contribution >= 4 is 43.9 Å². The van der Waals surface area contributed by atoms with Crippen LogP contribution in [0.25, 0.3) is 11.0 Å². The zero-order valence-corrected chi connectivity index (χ0v) is 12.1. The normalized spacial score (nSPS) is 11.2. The maximum Gasteiger partial charge on any atom is 0.208 e. The molecule has 1 aromatic heterocycles. The fourth-order valence-electron chi connectivity index (χ4n) is 1.91. The van der Waals surface area contributed by atoms with Gasteiger partial charge >= 0.3 is 0 Å². The highest BCUT2D eigenvalue weighted by Crippen LogP contribution is 2.31. The summed E-state index contributed by atoms with van der Waals surface area (Å²) >= 11 is 4.54. The summed E-state index contributed by atoms with van der Waals surface area (Å²) < 4.78 is 29.9. The van der Waals surface area contributed by atoms with Crippen molar-refractivity contribution < 1.29 is 13.0 Å². The van der Waals surface area contributed by atoms with Crippen molar-refractivity contribution in [3.8, 4) is 0 Å². The quantitative estimate of drug-likeness (QED) is 0.545. The Morgan fingerprint density at radius 1 is 1.05 bits per heavy atom. The maximum atomic E-state index is 12.6. The number of sulfone groups is 1. The van der Waals surface area contributed by atoms with E-state index in [1.807, 2.05) is 0 Å². The van der Waals surface area contributed by atoms with Crippen LogP contribution in [0.1, 0.15) is 0 Å². The molecule has 21 heavy (non-hydrogen) atoms. The maximum absolute atomic E-state index is 12.6. The number of hydrogen-bond acceptors (Lipinski definition) is 7. The van der Waals surface area contributed by atoms with Crippen molar-refractivity contribution in [1.29, 1.82) is 0 Å². The lowest BCUT2D eigenvalue weighted by molar-refractivity contribution is 0.315. The highest BCUT2D eigenvalue weighted by molar-refractivity contribution is 7.91. The predicted octanol–water partition coefficient (Wildman–Crippen LogP) is 2.79. The number of isothiocyanates is 1. The zero-order chi connectivity index (χ0) is 14.9. The van der Waals surface area contributed by atoms with Crippen LogP contribution < -0.4 is 0 Å². The molecule has 0 spiro atoms. The van der Waals surface area contributed by atoms with Crippen molar-refractivity contribution in [3.63, 3.8) is 0 Å². The minimum Gasteiger partial charge on any atom is -0.243 e.